The number of rotatable bonds is 3. The Morgan fingerprint density at radius 2 is 2.00 bits per heavy atom. The molecule has 1 N–H and O–H groups in total. The van der Waals surface area contributed by atoms with E-state index in [0.29, 0.717) is 6.04 Å². The molecule has 0 radical (unpaired) electrons. The molecule has 1 spiro atoms. The third-order valence-electron chi connectivity index (χ3n) is 4.85. The maximum Gasteiger partial charge on any atom is 0.200 e. The Balaban J connectivity index is 1.79. The van der Waals surface area contributed by atoms with E-state index in [0.717, 1.165) is 25.3 Å². The molecule has 0 heterocycles. The molecule has 19 heavy (non-hydrogen) atoms. The molecule has 2 unspecified atom stereocenters. The Kier molecular flexibility index (Phi) is 3.21. The van der Waals surface area contributed by atoms with Gasteiger partial charge in [-0.25, -0.2) is 4.39 Å². The molecule has 3 rings (SSSR count). The monoisotopic (exact) mass is 267 g/mol. The van der Waals surface area contributed by atoms with Crippen molar-refractivity contribution in [3.8, 4) is 5.75 Å². The highest BCUT2D eigenvalue weighted by Crippen LogP contribution is 2.54. The highest BCUT2D eigenvalue weighted by atomic mass is 19.2. The zero-order valence-electron chi connectivity index (χ0n) is 11.1. The number of hydrogen-bond donors (Lipinski definition) is 1. The SMILES string of the molecule is CNC1CC(Oc2cccc(F)c2F)C12CCCC2. The molecule has 0 aliphatic heterocycles. The van der Waals surface area contributed by atoms with E-state index in [1.54, 1.807) is 0 Å². The van der Waals surface area contributed by atoms with E-state index < -0.39 is 11.6 Å². The normalized spacial score (nSPS) is 28.4. The second-order valence-electron chi connectivity index (χ2n) is 5.68. The quantitative estimate of drug-likeness (QED) is 0.907. The van der Waals surface area contributed by atoms with Crippen LogP contribution in [0.2, 0.25) is 0 Å². The first-order valence-electron chi connectivity index (χ1n) is 6.95. The maximum absolute atomic E-state index is 13.7. The Morgan fingerprint density at radius 3 is 2.68 bits per heavy atom. The Bertz CT molecular complexity index is 471. The minimum absolute atomic E-state index is 0.00347. The van der Waals surface area contributed by atoms with Crippen molar-refractivity contribution in [3.05, 3.63) is 29.8 Å². The summed E-state index contributed by atoms with van der Waals surface area (Å²) in [7, 11) is 1.96. The minimum Gasteiger partial charge on any atom is -0.487 e. The van der Waals surface area contributed by atoms with E-state index in [1.165, 1.54) is 25.0 Å². The predicted octanol–water partition coefficient (Wildman–Crippen LogP) is 3.26. The van der Waals surface area contributed by atoms with Gasteiger partial charge in [-0.1, -0.05) is 18.9 Å². The van der Waals surface area contributed by atoms with Gasteiger partial charge in [0.25, 0.3) is 0 Å². The molecule has 1 aromatic rings. The lowest BCUT2D eigenvalue weighted by Crippen LogP contribution is -2.63. The summed E-state index contributed by atoms with van der Waals surface area (Å²) < 4.78 is 32.6. The van der Waals surface area contributed by atoms with Crippen molar-refractivity contribution in [2.24, 2.45) is 5.41 Å². The Labute approximate surface area is 112 Å². The van der Waals surface area contributed by atoms with Crippen molar-refractivity contribution in [1.29, 1.82) is 0 Å². The van der Waals surface area contributed by atoms with Gasteiger partial charge < -0.3 is 10.1 Å². The fraction of sp³-hybridized carbons (Fsp3) is 0.600. The molecular formula is C15H19F2NO. The van der Waals surface area contributed by atoms with Crippen LogP contribution in [0.25, 0.3) is 0 Å². The number of ether oxygens (including phenoxy) is 1. The minimum atomic E-state index is -0.872. The third kappa shape index (κ3) is 1.93. The first-order valence-corrected chi connectivity index (χ1v) is 6.95. The fourth-order valence-corrected chi connectivity index (χ4v) is 3.75. The van der Waals surface area contributed by atoms with E-state index >= 15 is 0 Å². The van der Waals surface area contributed by atoms with Crippen LogP contribution in [0.4, 0.5) is 8.78 Å². The second kappa shape index (κ2) is 4.75. The molecule has 4 heteroatoms. The van der Waals surface area contributed by atoms with Crippen LogP contribution in [-0.2, 0) is 0 Å². The molecule has 2 atom stereocenters. The van der Waals surface area contributed by atoms with E-state index in [4.69, 9.17) is 4.74 Å². The molecule has 104 valence electrons. The van der Waals surface area contributed by atoms with Gasteiger partial charge in [-0.05, 0) is 32.0 Å². The van der Waals surface area contributed by atoms with E-state index in [-0.39, 0.29) is 17.3 Å². The van der Waals surface area contributed by atoms with Gasteiger partial charge in [0, 0.05) is 17.9 Å². The molecule has 2 nitrogen and oxygen atoms in total. The first kappa shape index (κ1) is 12.9. The topological polar surface area (TPSA) is 21.3 Å². The van der Waals surface area contributed by atoms with Crippen LogP contribution < -0.4 is 10.1 Å². The van der Waals surface area contributed by atoms with Crippen LogP contribution in [0.5, 0.6) is 5.75 Å². The van der Waals surface area contributed by atoms with E-state index in [2.05, 4.69) is 5.32 Å². The molecule has 0 aromatic heterocycles. The van der Waals surface area contributed by atoms with Gasteiger partial charge in [0.2, 0.25) is 5.82 Å². The van der Waals surface area contributed by atoms with Crippen molar-refractivity contribution < 1.29 is 13.5 Å². The molecule has 0 saturated heterocycles. The van der Waals surface area contributed by atoms with Crippen molar-refractivity contribution >= 4 is 0 Å². The van der Waals surface area contributed by atoms with Crippen LogP contribution in [0.3, 0.4) is 0 Å². The zero-order valence-corrected chi connectivity index (χ0v) is 11.1. The molecule has 2 aliphatic rings. The summed E-state index contributed by atoms with van der Waals surface area (Å²) in [5, 5.41) is 3.33. The molecule has 2 fully saturated rings. The lowest BCUT2D eigenvalue weighted by atomic mass is 9.60. The summed E-state index contributed by atoms with van der Waals surface area (Å²) in [6.45, 7) is 0. The zero-order chi connectivity index (χ0) is 13.5. The Hall–Kier alpha value is -1.16. The summed E-state index contributed by atoms with van der Waals surface area (Å²) in [5.74, 6) is -1.67. The summed E-state index contributed by atoms with van der Waals surface area (Å²) in [6, 6.07) is 4.55. The summed E-state index contributed by atoms with van der Waals surface area (Å²) in [6.07, 6.45) is 5.49. The Morgan fingerprint density at radius 1 is 1.26 bits per heavy atom. The lowest BCUT2D eigenvalue weighted by Gasteiger charge is -2.53. The molecule has 0 bridgehead atoms. The number of hydrogen-bond acceptors (Lipinski definition) is 2. The molecule has 2 saturated carbocycles. The maximum atomic E-state index is 13.7. The van der Waals surface area contributed by atoms with Gasteiger partial charge >= 0.3 is 0 Å². The van der Waals surface area contributed by atoms with Crippen LogP contribution in [0.15, 0.2) is 18.2 Å². The van der Waals surface area contributed by atoms with Crippen LogP contribution >= 0.6 is 0 Å². The lowest BCUT2D eigenvalue weighted by molar-refractivity contribution is -0.0753. The van der Waals surface area contributed by atoms with Crippen LogP contribution in [-0.4, -0.2) is 19.2 Å². The number of nitrogens with one attached hydrogen (secondary N) is 1. The van der Waals surface area contributed by atoms with Crippen molar-refractivity contribution in [2.45, 2.75) is 44.2 Å². The summed E-state index contributed by atoms with van der Waals surface area (Å²) in [4.78, 5) is 0. The van der Waals surface area contributed by atoms with Gasteiger partial charge in [-0.3, -0.25) is 0 Å². The summed E-state index contributed by atoms with van der Waals surface area (Å²) >= 11 is 0. The average Bonchev–Trinajstić information content (AvgIpc) is 2.91. The van der Waals surface area contributed by atoms with Crippen molar-refractivity contribution in [1.82, 2.24) is 5.32 Å². The average molecular weight is 267 g/mol. The van der Waals surface area contributed by atoms with E-state index in [1.807, 2.05) is 7.05 Å². The van der Waals surface area contributed by atoms with Crippen molar-refractivity contribution in [3.63, 3.8) is 0 Å². The first-order chi connectivity index (χ1) is 9.17. The van der Waals surface area contributed by atoms with Crippen LogP contribution in [0.1, 0.15) is 32.1 Å². The molecule has 2 aliphatic carbocycles. The number of halogens is 2. The van der Waals surface area contributed by atoms with Crippen LogP contribution in [0, 0.1) is 17.0 Å². The largest absolute Gasteiger partial charge is 0.487 e. The molecular weight excluding hydrogens is 248 g/mol. The van der Waals surface area contributed by atoms with Gasteiger partial charge in [0.15, 0.2) is 11.6 Å². The third-order valence-corrected chi connectivity index (χ3v) is 4.85. The highest BCUT2D eigenvalue weighted by molar-refractivity contribution is 5.26. The fourth-order valence-electron chi connectivity index (χ4n) is 3.75. The molecule has 0 amide bonds. The molecule has 1 aromatic carbocycles. The number of benzene rings is 1. The van der Waals surface area contributed by atoms with Gasteiger partial charge in [-0.2, -0.15) is 4.39 Å². The van der Waals surface area contributed by atoms with Gasteiger partial charge in [0.05, 0.1) is 0 Å². The van der Waals surface area contributed by atoms with Gasteiger partial charge in [-0.15, -0.1) is 0 Å². The van der Waals surface area contributed by atoms with Crippen molar-refractivity contribution in [2.75, 3.05) is 7.05 Å². The smallest absolute Gasteiger partial charge is 0.200 e. The highest BCUT2D eigenvalue weighted by Gasteiger charge is 2.57. The van der Waals surface area contributed by atoms with Gasteiger partial charge in [0.1, 0.15) is 6.10 Å². The standard InChI is InChI=1S/C15H19F2NO/c1-18-12-9-13(15(12)7-2-3-8-15)19-11-6-4-5-10(16)14(11)17/h4-6,12-13,18H,2-3,7-9H2,1H3. The van der Waals surface area contributed by atoms with E-state index in [9.17, 15) is 8.78 Å². The summed E-state index contributed by atoms with van der Waals surface area (Å²) in [5.41, 5.74) is 0.119. The second-order valence-corrected chi connectivity index (χ2v) is 5.68. The predicted molar refractivity (Wildman–Crippen MR) is 69.1 cm³/mol.